The summed E-state index contributed by atoms with van der Waals surface area (Å²) in [5.74, 6) is -1.05. The van der Waals surface area contributed by atoms with Crippen LogP contribution in [0.5, 0.6) is 0 Å². The molecule has 7 nitrogen and oxygen atoms in total. The highest BCUT2D eigenvalue weighted by molar-refractivity contribution is 8.00. The summed E-state index contributed by atoms with van der Waals surface area (Å²) in [7, 11) is 0. The number of rotatable bonds is 5. The number of aromatic nitrogens is 4. The largest absolute Gasteiger partial charge is 0.368 e. The number of H-pyrrole nitrogens is 1. The van der Waals surface area contributed by atoms with E-state index < -0.39 is 17.0 Å². The molecule has 0 bridgehead atoms. The van der Waals surface area contributed by atoms with Crippen molar-refractivity contribution in [2.24, 2.45) is 5.73 Å². The number of nitrogens with one attached hydrogen (secondary N) is 1. The first kappa shape index (κ1) is 17.9. The average Bonchev–Trinajstić information content (AvgIpc) is 3.12. The number of aromatic amines is 1. The first-order chi connectivity index (χ1) is 13.5. The quantitative estimate of drug-likeness (QED) is 0.399. The smallest absolute Gasteiger partial charge is 0.262 e. The molecule has 1 atom stereocenters. The number of nitrogens with two attached hydrogens (primary N) is 1. The maximum absolute atomic E-state index is 13.2. The minimum absolute atomic E-state index is 0.211. The van der Waals surface area contributed by atoms with Gasteiger partial charge in [0, 0.05) is 0 Å². The summed E-state index contributed by atoms with van der Waals surface area (Å²) in [5.41, 5.74) is 6.76. The maximum Gasteiger partial charge on any atom is 0.262 e. The minimum Gasteiger partial charge on any atom is -0.368 e. The molecule has 140 valence electrons. The molecule has 0 fully saturated rings. The Kier molecular flexibility index (Phi) is 4.66. The van der Waals surface area contributed by atoms with Gasteiger partial charge in [-0.05, 0) is 29.8 Å². The second-order valence-corrected chi connectivity index (χ2v) is 7.05. The van der Waals surface area contributed by atoms with Crippen molar-refractivity contribution in [1.82, 2.24) is 19.7 Å². The molecule has 1 amide bonds. The average molecular weight is 395 g/mol. The van der Waals surface area contributed by atoms with Gasteiger partial charge in [-0.1, -0.05) is 42.1 Å². The van der Waals surface area contributed by atoms with Crippen LogP contribution in [-0.4, -0.2) is 25.7 Å². The zero-order valence-electron chi connectivity index (χ0n) is 14.4. The van der Waals surface area contributed by atoms with Gasteiger partial charge in [-0.25, -0.2) is 14.1 Å². The summed E-state index contributed by atoms with van der Waals surface area (Å²) < 4.78 is 14.7. The molecule has 4 aromatic rings. The maximum atomic E-state index is 13.2. The number of thioether (sulfide) groups is 1. The highest BCUT2D eigenvalue weighted by Crippen LogP contribution is 2.33. The monoisotopic (exact) mass is 395 g/mol. The molecule has 0 unspecified atom stereocenters. The van der Waals surface area contributed by atoms with E-state index in [0.717, 1.165) is 17.4 Å². The standard InChI is InChI=1S/C19H14FN5O2S/c20-12-8-6-11(7-9-12)15(16(21)26)28-19-23-17-14(18(27)24-19)10-22-25(17)13-4-2-1-3-5-13/h1-10,15H,(H2,21,26)(H,23,24,27)/t15-/m0/s1. The predicted molar refractivity (Wildman–Crippen MR) is 104 cm³/mol. The van der Waals surface area contributed by atoms with Gasteiger partial charge in [-0.2, -0.15) is 5.10 Å². The zero-order valence-corrected chi connectivity index (χ0v) is 15.2. The first-order valence-electron chi connectivity index (χ1n) is 8.28. The van der Waals surface area contributed by atoms with Crippen molar-refractivity contribution in [3.8, 4) is 5.69 Å². The van der Waals surface area contributed by atoms with Crippen molar-refractivity contribution < 1.29 is 9.18 Å². The molecule has 2 aromatic carbocycles. The SMILES string of the molecule is NC(=O)[C@@H](Sc1nc2c(cnn2-c2ccccc2)c(=O)[nH]1)c1ccc(F)cc1. The Morgan fingerprint density at radius 1 is 1.14 bits per heavy atom. The lowest BCUT2D eigenvalue weighted by Gasteiger charge is -2.13. The molecule has 0 saturated heterocycles. The molecule has 0 saturated carbocycles. The third kappa shape index (κ3) is 3.39. The van der Waals surface area contributed by atoms with Crippen molar-refractivity contribution in [2.45, 2.75) is 10.4 Å². The Morgan fingerprint density at radius 3 is 2.54 bits per heavy atom. The van der Waals surface area contributed by atoms with E-state index in [1.54, 1.807) is 4.68 Å². The molecule has 9 heteroatoms. The summed E-state index contributed by atoms with van der Waals surface area (Å²) in [6.45, 7) is 0. The molecular weight excluding hydrogens is 381 g/mol. The van der Waals surface area contributed by atoms with Crippen LogP contribution in [0, 0.1) is 5.82 Å². The van der Waals surface area contributed by atoms with E-state index in [9.17, 15) is 14.0 Å². The highest BCUT2D eigenvalue weighted by atomic mass is 32.2. The van der Waals surface area contributed by atoms with E-state index in [1.807, 2.05) is 30.3 Å². The fraction of sp³-hybridized carbons (Fsp3) is 0.0526. The number of fused-ring (bicyclic) bond motifs is 1. The van der Waals surface area contributed by atoms with Crippen molar-refractivity contribution in [2.75, 3.05) is 0 Å². The van der Waals surface area contributed by atoms with Gasteiger partial charge >= 0.3 is 0 Å². The molecule has 0 aliphatic carbocycles. The van der Waals surface area contributed by atoms with Crippen LogP contribution in [0.1, 0.15) is 10.8 Å². The lowest BCUT2D eigenvalue weighted by Crippen LogP contribution is -2.20. The second kappa shape index (κ2) is 7.28. The zero-order chi connectivity index (χ0) is 19.7. The van der Waals surface area contributed by atoms with Crippen LogP contribution in [0.25, 0.3) is 16.7 Å². The van der Waals surface area contributed by atoms with Crippen molar-refractivity contribution in [3.63, 3.8) is 0 Å². The molecule has 4 rings (SSSR count). The van der Waals surface area contributed by atoms with E-state index in [1.165, 1.54) is 30.5 Å². The summed E-state index contributed by atoms with van der Waals surface area (Å²) in [4.78, 5) is 31.5. The van der Waals surface area contributed by atoms with Crippen LogP contribution in [0.2, 0.25) is 0 Å². The van der Waals surface area contributed by atoms with Gasteiger partial charge in [0.1, 0.15) is 16.5 Å². The second-order valence-electron chi connectivity index (χ2n) is 5.95. The lowest BCUT2D eigenvalue weighted by atomic mass is 10.1. The van der Waals surface area contributed by atoms with E-state index in [4.69, 9.17) is 5.73 Å². The summed E-state index contributed by atoms with van der Waals surface area (Å²) in [5, 5.41) is 3.94. The van der Waals surface area contributed by atoms with Gasteiger partial charge in [0.25, 0.3) is 5.56 Å². The molecule has 0 radical (unpaired) electrons. The number of halogens is 1. The van der Waals surface area contributed by atoms with Crippen LogP contribution in [0.4, 0.5) is 4.39 Å². The molecule has 28 heavy (non-hydrogen) atoms. The molecular formula is C19H14FN5O2S. The first-order valence-corrected chi connectivity index (χ1v) is 9.16. The Hall–Kier alpha value is -3.46. The number of hydrogen-bond acceptors (Lipinski definition) is 5. The van der Waals surface area contributed by atoms with Gasteiger partial charge in [-0.3, -0.25) is 9.59 Å². The number of carbonyl (C=O) groups excluding carboxylic acids is 1. The Bertz CT molecular complexity index is 1200. The molecule has 2 heterocycles. The number of hydrogen-bond donors (Lipinski definition) is 2. The number of primary amides is 1. The van der Waals surface area contributed by atoms with Crippen LogP contribution < -0.4 is 11.3 Å². The van der Waals surface area contributed by atoms with Crippen molar-refractivity contribution in [1.29, 1.82) is 0 Å². The van der Waals surface area contributed by atoms with Gasteiger partial charge in [0.15, 0.2) is 10.8 Å². The predicted octanol–water partition coefficient (Wildman–Crippen LogP) is 2.57. The van der Waals surface area contributed by atoms with Crippen LogP contribution in [0.15, 0.2) is 70.7 Å². The minimum atomic E-state index is -0.839. The topological polar surface area (TPSA) is 107 Å². The van der Waals surface area contributed by atoms with Gasteiger partial charge in [-0.15, -0.1) is 0 Å². The number of amides is 1. The molecule has 0 spiro atoms. The van der Waals surface area contributed by atoms with Gasteiger partial charge < -0.3 is 10.7 Å². The molecule has 3 N–H and O–H groups in total. The number of benzene rings is 2. The Balaban J connectivity index is 1.77. The third-order valence-electron chi connectivity index (χ3n) is 4.08. The third-order valence-corrected chi connectivity index (χ3v) is 5.23. The van der Waals surface area contributed by atoms with E-state index >= 15 is 0 Å². The normalized spacial score (nSPS) is 12.2. The van der Waals surface area contributed by atoms with Crippen molar-refractivity contribution >= 4 is 28.7 Å². The number of carbonyl (C=O) groups is 1. The van der Waals surface area contributed by atoms with E-state index in [2.05, 4.69) is 15.1 Å². The number of para-hydroxylation sites is 1. The van der Waals surface area contributed by atoms with E-state index in [-0.39, 0.29) is 10.7 Å². The Morgan fingerprint density at radius 2 is 1.86 bits per heavy atom. The molecule has 0 aliphatic heterocycles. The fourth-order valence-corrected chi connectivity index (χ4v) is 3.68. The highest BCUT2D eigenvalue weighted by Gasteiger charge is 2.22. The summed E-state index contributed by atoms with van der Waals surface area (Å²) in [6.07, 6.45) is 1.44. The Labute approximate surface area is 162 Å². The van der Waals surface area contributed by atoms with Crippen LogP contribution in [0.3, 0.4) is 0 Å². The van der Waals surface area contributed by atoms with E-state index in [0.29, 0.717) is 16.6 Å². The van der Waals surface area contributed by atoms with Gasteiger partial charge in [0.2, 0.25) is 5.91 Å². The summed E-state index contributed by atoms with van der Waals surface area (Å²) in [6, 6.07) is 14.7. The summed E-state index contributed by atoms with van der Waals surface area (Å²) >= 11 is 0.987. The lowest BCUT2D eigenvalue weighted by molar-refractivity contribution is -0.117. The van der Waals surface area contributed by atoms with Crippen LogP contribution >= 0.6 is 11.8 Å². The molecule has 2 aromatic heterocycles. The van der Waals surface area contributed by atoms with Gasteiger partial charge in [0.05, 0.1) is 11.9 Å². The van der Waals surface area contributed by atoms with Crippen LogP contribution in [-0.2, 0) is 4.79 Å². The van der Waals surface area contributed by atoms with Crippen molar-refractivity contribution in [3.05, 3.63) is 82.5 Å². The number of nitrogens with zero attached hydrogens (tertiary/aromatic N) is 3. The fourth-order valence-electron chi connectivity index (χ4n) is 2.75. The molecule has 0 aliphatic rings.